The molecule has 0 aliphatic carbocycles. The molecule has 0 fully saturated rings. The lowest BCUT2D eigenvalue weighted by Crippen LogP contribution is -2.14. The highest BCUT2D eigenvalue weighted by Gasteiger charge is 2.13. The van der Waals surface area contributed by atoms with Crippen LogP contribution < -0.4 is 5.73 Å². The molecule has 3 N–H and O–H groups in total. The zero-order valence-electron chi connectivity index (χ0n) is 9.37. The summed E-state index contributed by atoms with van der Waals surface area (Å²) in [6.07, 6.45) is 2.65. The Bertz CT molecular complexity index is 492. The van der Waals surface area contributed by atoms with Crippen molar-refractivity contribution in [2.24, 2.45) is 11.7 Å². The Kier molecular flexibility index (Phi) is 3.25. The van der Waals surface area contributed by atoms with Crippen LogP contribution in [0.4, 0.5) is 0 Å². The Labute approximate surface area is 103 Å². The second-order valence-corrected chi connectivity index (χ2v) is 5.30. The molecule has 0 saturated heterocycles. The topological polar surface area (TPSA) is 67.6 Å². The van der Waals surface area contributed by atoms with Crippen LogP contribution in [0.5, 0.6) is 0 Å². The summed E-state index contributed by atoms with van der Waals surface area (Å²) in [7, 11) is 0. The van der Waals surface area contributed by atoms with Gasteiger partial charge in [-0.3, -0.25) is 0 Å². The molecule has 2 heterocycles. The molecule has 4 nitrogen and oxygen atoms in total. The fourth-order valence-corrected chi connectivity index (χ4v) is 2.02. The maximum absolute atomic E-state index is 6.06. The predicted octanol–water partition coefficient (Wildman–Crippen LogP) is 2.77. The van der Waals surface area contributed by atoms with Gasteiger partial charge < -0.3 is 10.7 Å². The van der Waals surface area contributed by atoms with E-state index in [2.05, 4.69) is 44.7 Å². The molecule has 2 rings (SSSR count). The quantitative estimate of drug-likeness (QED) is 0.910. The molecule has 1 unspecified atom stereocenters. The van der Waals surface area contributed by atoms with Crippen molar-refractivity contribution in [3.8, 4) is 0 Å². The molecular formula is C11H15BrN4. The Morgan fingerprint density at radius 1 is 1.50 bits per heavy atom. The van der Waals surface area contributed by atoms with E-state index in [-0.39, 0.29) is 6.04 Å². The summed E-state index contributed by atoms with van der Waals surface area (Å²) in [6, 6.07) is 1.91. The van der Waals surface area contributed by atoms with E-state index in [0.29, 0.717) is 5.92 Å². The SMILES string of the molecule is CC(C)CC(N)c1nc2ncc(Br)cc2[nH]1. The maximum atomic E-state index is 6.06. The molecule has 0 aromatic carbocycles. The number of aromatic nitrogens is 3. The number of pyridine rings is 1. The van der Waals surface area contributed by atoms with E-state index in [1.54, 1.807) is 6.20 Å². The van der Waals surface area contributed by atoms with Gasteiger partial charge in [-0.05, 0) is 34.3 Å². The minimum Gasteiger partial charge on any atom is -0.339 e. The first-order valence-corrected chi connectivity index (χ1v) is 6.12. The number of hydrogen-bond donors (Lipinski definition) is 2. The number of H-pyrrole nitrogens is 1. The molecule has 0 aliphatic rings. The fraction of sp³-hybridized carbons (Fsp3) is 0.455. The zero-order valence-corrected chi connectivity index (χ0v) is 11.0. The summed E-state index contributed by atoms with van der Waals surface area (Å²) in [5, 5.41) is 0. The van der Waals surface area contributed by atoms with Crippen LogP contribution in [0.1, 0.15) is 32.1 Å². The average Bonchev–Trinajstić information content (AvgIpc) is 2.59. The first kappa shape index (κ1) is 11.5. The number of halogens is 1. The van der Waals surface area contributed by atoms with E-state index in [0.717, 1.165) is 27.9 Å². The number of aromatic amines is 1. The number of fused-ring (bicyclic) bond motifs is 1. The number of nitrogens with one attached hydrogen (secondary N) is 1. The van der Waals surface area contributed by atoms with Gasteiger partial charge in [0.15, 0.2) is 5.65 Å². The summed E-state index contributed by atoms with van der Waals surface area (Å²) in [6.45, 7) is 4.30. The minimum absolute atomic E-state index is 0.0482. The average molecular weight is 283 g/mol. The number of hydrogen-bond acceptors (Lipinski definition) is 3. The highest BCUT2D eigenvalue weighted by molar-refractivity contribution is 9.10. The lowest BCUT2D eigenvalue weighted by atomic mass is 10.0. The highest BCUT2D eigenvalue weighted by atomic mass is 79.9. The van der Waals surface area contributed by atoms with E-state index in [9.17, 15) is 0 Å². The van der Waals surface area contributed by atoms with Crippen molar-refractivity contribution in [1.29, 1.82) is 0 Å². The molecule has 2 aromatic heterocycles. The zero-order chi connectivity index (χ0) is 11.7. The van der Waals surface area contributed by atoms with Gasteiger partial charge in [0.25, 0.3) is 0 Å². The third kappa shape index (κ3) is 2.41. The van der Waals surface area contributed by atoms with Crippen LogP contribution in [0, 0.1) is 5.92 Å². The van der Waals surface area contributed by atoms with E-state index in [1.165, 1.54) is 0 Å². The van der Waals surface area contributed by atoms with Crippen LogP contribution >= 0.6 is 15.9 Å². The number of rotatable bonds is 3. The Balaban J connectivity index is 2.32. The van der Waals surface area contributed by atoms with Crippen molar-refractivity contribution in [3.05, 3.63) is 22.6 Å². The maximum Gasteiger partial charge on any atom is 0.177 e. The first-order chi connectivity index (χ1) is 7.56. The molecular weight excluding hydrogens is 268 g/mol. The molecule has 0 amide bonds. The van der Waals surface area contributed by atoms with E-state index in [4.69, 9.17) is 5.73 Å². The number of imidazole rings is 1. The molecule has 86 valence electrons. The van der Waals surface area contributed by atoms with E-state index >= 15 is 0 Å². The van der Waals surface area contributed by atoms with Crippen molar-refractivity contribution in [2.45, 2.75) is 26.3 Å². The lowest BCUT2D eigenvalue weighted by Gasteiger charge is -2.10. The predicted molar refractivity (Wildman–Crippen MR) is 68.0 cm³/mol. The van der Waals surface area contributed by atoms with Crippen LogP contribution in [-0.4, -0.2) is 15.0 Å². The smallest absolute Gasteiger partial charge is 0.177 e. The van der Waals surface area contributed by atoms with Gasteiger partial charge >= 0.3 is 0 Å². The Hall–Kier alpha value is -0.940. The highest BCUT2D eigenvalue weighted by Crippen LogP contribution is 2.20. The lowest BCUT2D eigenvalue weighted by molar-refractivity contribution is 0.496. The van der Waals surface area contributed by atoms with Gasteiger partial charge in [-0.1, -0.05) is 13.8 Å². The number of nitrogens with zero attached hydrogens (tertiary/aromatic N) is 2. The third-order valence-corrected chi connectivity index (χ3v) is 2.83. The van der Waals surface area contributed by atoms with Gasteiger partial charge in [0.05, 0.1) is 11.6 Å². The van der Waals surface area contributed by atoms with Gasteiger partial charge in [-0.2, -0.15) is 0 Å². The van der Waals surface area contributed by atoms with Crippen LogP contribution in [0.3, 0.4) is 0 Å². The summed E-state index contributed by atoms with van der Waals surface area (Å²) < 4.78 is 0.938. The van der Waals surface area contributed by atoms with Gasteiger partial charge in [0.1, 0.15) is 5.82 Å². The van der Waals surface area contributed by atoms with Crippen LogP contribution in [0.25, 0.3) is 11.2 Å². The molecule has 16 heavy (non-hydrogen) atoms. The van der Waals surface area contributed by atoms with Gasteiger partial charge in [-0.15, -0.1) is 0 Å². The van der Waals surface area contributed by atoms with E-state index < -0.39 is 0 Å². The van der Waals surface area contributed by atoms with Gasteiger partial charge in [0.2, 0.25) is 0 Å². The Morgan fingerprint density at radius 3 is 2.94 bits per heavy atom. The molecule has 0 saturated carbocycles. The standard InChI is InChI=1S/C11H15BrN4/c1-6(2)3-8(13)10-15-9-4-7(12)5-14-11(9)16-10/h4-6,8H,3,13H2,1-2H3,(H,14,15,16). The summed E-state index contributed by atoms with van der Waals surface area (Å²) in [5.41, 5.74) is 7.70. The summed E-state index contributed by atoms with van der Waals surface area (Å²) >= 11 is 3.38. The molecule has 2 aromatic rings. The van der Waals surface area contributed by atoms with E-state index in [1.807, 2.05) is 6.07 Å². The van der Waals surface area contributed by atoms with Gasteiger partial charge in [-0.25, -0.2) is 9.97 Å². The summed E-state index contributed by atoms with van der Waals surface area (Å²) in [4.78, 5) is 11.8. The Morgan fingerprint density at radius 2 is 2.25 bits per heavy atom. The summed E-state index contributed by atoms with van der Waals surface area (Å²) in [5.74, 6) is 1.37. The molecule has 0 bridgehead atoms. The molecule has 5 heteroatoms. The second kappa shape index (κ2) is 4.51. The number of nitrogens with two attached hydrogens (primary N) is 1. The minimum atomic E-state index is -0.0482. The molecule has 0 aliphatic heterocycles. The van der Waals surface area contributed by atoms with Crippen molar-refractivity contribution in [1.82, 2.24) is 15.0 Å². The van der Waals surface area contributed by atoms with Crippen molar-refractivity contribution >= 4 is 27.1 Å². The van der Waals surface area contributed by atoms with Crippen LogP contribution in [-0.2, 0) is 0 Å². The molecule has 0 radical (unpaired) electrons. The third-order valence-electron chi connectivity index (χ3n) is 2.40. The van der Waals surface area contributed by atoms with Crippen molar-refractivity contribution in [2.75, 3.05) is 0 Å². The monoisotopic (exact) mass is 282 g/mol. The largest absolute Gasteiger partial charge is 0.339 e. The normalized spacial score (nSPS) is 13.6. The second-order valence-electron chi connectivity index (χ2n) is 4.38. The van der Waals surface area contributed by atoms with Gasteiger partial charge in [0, 0.05) is 10.7 Å². The first-order valence-electron chi connectivity index (χ1n) is 5.33. The molecule has 0 spiro atoms. The van der Waals surface area contributed by atoms with Crippen molar-refractivity contribution < 1.29 is 0 Å². The fourth-order valence-electron chi connectivity index (χ4n) is 1.69. The van der Waals surface area contributed by atoms with Crippen LogP contribution in [0.2, 0.25) is 0 Å². The van der Waals surface area contributed by atoms with Crippen LogP contribution in [0.15, 0.2) is 16.7 Å². The molecule has 1 atom stereocenters. The van der Waals surface area contributed by atoms with Crippen molar-refractivity contribution in [3.63, 3.8) is 0 Å².